The smallest absolute Gasteiger partial charge is 0.170 e. The van der Waals surface area contributed by atoms with E-state index in [1.807, 2.05) is 0 Å². The molecule has 0 bridgehead atoms. The van der Waals surface area contributed by atoms with Gasteiger partial charge in [0.05, 0.1) is 6.04 Å². The number of hydrogen-bond acceptors (Lipinski definition) is 3. The summed E-state index contributed by atoms with van der Waals surface area (Å²) >= 11 is 0. The van der Waals surface area contributed by atoms with Crippen molar-refractivity contribution in [1.29, 1.82) is 0 Å². The van der Waals surface area contributed by atoms with E-state index in [9.17, 15) is 9.18 Å². The first-order valence-corrected chi connectivity index (χ1v) is 5.46. The van der Waals surface area contributed by atoms with E-state index in [4.69, 9.17) is 0 Å². The molecule has 0 spiro atoms. The van der Waals surface area contributed by atoms with Crippen LogP contribution in [0.2, 0.25) is 0 Å². The van der Waals surface area contributed by atoms with Gasteiger partial charge in [0.25, 0.3) is 0 Å². The van der Waals surface area contributed by atoms with Crippen LogP contribution in [0.1, 0.15) is 29.4 Å². The molecule has 1 fully saturated rings. The fourth-order valence-electron chi connectivity index (χ4n) is 1.84. The molecular weight excluding hydrogens is 221 g/mol. The van der Waals surface area contributed by atoms with Gasteiger partial charge in [-0.25, -0.2) is 9.07 Å². The van der Waals surface area contributed by atoms with Gasteiger partial charge in [-0.2, -0.15) is 0 Å². The first-order chi connectivity index (χ1) is 8.29. The first-order valence-electron chi connectivity index (χ1n) is 5.46. The van der Waals surface area contributed by atoms with Crippen molar-refractivity contribution in [2.24, 2.45) is 0 Å². The second-order valence-electron chi connectivity index (χ2n) is 4.13. The standard InChI is InChI=1S/C12H10FN3O/c13-9-3-1-2-8(6-9)12-11(7-17)16(15-14-12)10-4-5-10/h1-3,6-7,10H,4-5H2. The summed E-state index contributed by atoms with van der Waals surface area (Å²) in [6, 6.07) is 6.31. The van der Waals surface area contributed by atoms with E-state index < -0.39 is 0 Å². The van der Waals surface area contributed by atoms with Gasteiger partial charge in [0.2, 0.25) is 0 Å². The van der Waals surface area contributed by atoms with E-state index in [-0.39, 0.29) is 11.9 Å². The molecule has 1 aromatic heterocycles. The quantitative estimate of drug-likeness (QED) is 0.761. The Labute approximate surface area is 97.1 Å². The van der Waals surface area contributed by atoms with Gasteiger partial charge in [-0.05, 0) is 25.0 Å². The fourth-order valence-corrected chi connectivity index (χ4v) is 1.84. The third-order valence-electron chi connectivity index (χ3n) is 2.83. The van der Waals surface area contributed by atoms with Crippen LogP contribution in [0.25, 0.3) is 11.3 Å². The highest BCUT2D eigenvalue weighted by Crippen LogP contribution is 2.36. The molecule has 1 aromatic carbocycles. The molecule has 4 nitrogen and oxygen atoms in total. The summed E-state index contributed by atoms with van der Waals surface area (Å²) in [5.41, 5.74) is 1.46. The number of carbonyl (C=O) groups is 1. The molecule has 1 aliphatic carbocycles. The Balaban J connectivity index is 2.11. The van der Waals surface area contributed by atoms with Gasteiger partial charge in [0, 0.05) is 5.56 Å². The van der Waals surface area contributed by atoms with Gasteiger partial charge in [-0.1, -0.05) is 17.3 Å². The lowest BCUT2D eigenvalue weighted by Gasteiger charge is -2.00. The van der Waals surface area contributed by atoms with Gasteiger partial charge < -0.3 is 0 Å². The molecule has 0 atom stereocenters. The van der Waals surface area contributed by atoms with Gasteiger partial charge in [-0.15, -0.1) is 5.10 Å². The van der Waals surface area contributed by atoms with Crippen molar-refractivity contribution in [3.05, 3.63) is 35.8 Å². The fraction of sp³-hybridized carbons (Fsp3) is 0.250. The zero-order chi connectivity index (χ0) is 11.8. The van der Waals surface area contributed by atoms with Crippen LogP contribution in [-0.4, -0.2) is 21.3 Å². The number of nitrogens with zero attached hydrogens (tertiary/aromatic N) is 3. The van der Waals surface area contributed by atoms with E-state index in [0.29, 0.717) is 17.0 Å². The summed E-state index contributed by atoms with van der Waals surface area (Å²) in [5, 5.41) is 7.94. The number of rotatable bonds is 3. The Morgan fingerprint density at radius 2 is 2.24 bits per heavy atom. The molecule has 0 saturated heterocycles. The Hall–Kier alpha value is -2.04. The molecule has 0 N–H and O–H groups in total. The van der Waals surface area contributed by atoms with E-state index in [1.54, 1.807) is 16.8 Å². The first kappa shape index (κ1) is 10.1. The summed E-state index contributed by atoms with van der Waals surface area (Å²) in [5.74, 6) is -0.347. The van der Waals surface area contributed by atoms with Crippen LogP contribution in [0.3, 0.4) is 0 Å². The summed E-state index contributed by atoms with van der Waals surface area (Å²) in [4.78, 5) is 11.1. The zero-order valence-corrected chi connectivity index (χ0v) is 9.01. The Morgan fingerprint density at radius 1 is 1.41 bits per heavy atom. The van der Waals surface area contributed by atoms with Crippen LogP contribution < -0.4 is 0 Å². The zero-order valence-electron chi connectivity index (χ0n) is 9.01. The predicted molar refractivity (Wildman–Crippen MR) is 59.1 cm³/mol. The maximum absolute atomic E-state index is 13.1. The average molecular weight is 231 g/mol. The van der Waals surface area contributed by atoms with Gasteiger partial charge in [0.1, 0.15) is 17.2 Å². The van der Waals surface area contributed by atoms with Crippen molar-refractivity contribution in [1.82, 2.24) is 15.0 Å². The lowest BCUT2D eigenvalue weighted by atomic mass is 10.1. The summed E-state index contributed by atoms with van der Waals surface area (Å²) in [6.07, 6.45) is 2.78. The van der Waals surface area contributed by atoms with E-state index in [2.05, 4.69) is 10.3 Å². The number of halogens is 1. The van der Waals surface area contributed by atoms with Crippen molar-refractivity contribution in [3.63, 3.8) is 0 Å². The topological polar surface area (TPSA) is 47.8 Å². The molecule has 0 aliphatic heterocycles. The minimum absolute atomic E-state index is 0.282. The van der Waals surface area contributed by atoms with E-state index in [0.717, 1.165) is 19.1 Å². The lowest BCUT2D eigenvalue weighted by Crippen LogP contribution is -2.01. The molecule has 86 valence electrons. The lowest BCUT2D eigenvalue weighted by molar-refractivity contribution is 0.111. The second-order valence-corrected chi connectivity index (χ2v) is 4.13. The van der Waals surface area contributed by atoms with E-state index in [1.165, 1.54) is 12.1 Å². The minimum Gasteiger partial charge on any atom is -0.296 e. The van der Waals surface area contributed by atoms with Crippen LogP contribution in [0, 0.1) is 5.82 Å². The van der Waals surface area contributed by atoms with Gasteiger partial charge in [-0.3, -0.25) is 4.79 Å². The number of aldehydes is 1. The highest BCUT2D eigenvalue weighted by Gasteiger charge is 2.29. The van der Waals surface area contributed by atoms with Crippen molar-refractivity contribution < 1.29 is 9.18 Å². The molecule has 1 heterocycles. The normalized spacial score (nSPS) is 14.9. The number of hydrogen-bond donors (Lipinski definition) is 0. The third-order valence-corrected chi connectivity index (χ3v) is 2.83. The van der Waals surface area contributed by atoms with E-state index >= 15 is 0 Å². The molecule has 17 heavy (non-hydrogen) atoms. The number of aromatic nitrogens is 3. The predicted octanol–water partition coefficient (Wildman–Crippen LogP) is 2.23. The van der Waals surface area contributed by atoms with Crippen molar-refractivity contribution in [3.8, 4) is 11.3 Å². The van der Waals surface area contributed by atoms with Crippen molar-refractivity contribution in [2.45, 2.75) is 18.9 Å². The summed E-state index contributed by atoms with van der Waals surface area (Å²) in [7, 11) is 0. The Kier molecular flexibility index (Phi) is 2.24. The monoisotopic (exact) mass is 231 g/mol. The Morgan fingerprint density at radius 3 is 2.88 bits per heavy atom. The average Bonchev–Trinajstić information content (AvgIpc) is 3.08. The molecule has 2 aromatic rings. The largest absolute Gasteiger partial charge is 0.296 e. The third kappa shape index (κ3) is 1.73. The summed E-state index contributed by atoms with van der Waals surface area (Å²) in [6.45, 7) is 0. The maximum Gasteiger partial charge on any atom is 0.170 e. The highest BCUT2D eigenvalue weighted by molar-refractivity contribution is 5.83. The van der Waals surface area contributed by atoms with Gasteiger partial charge in [0.15, 0.2) is 6.29 Å². The summed E-state index contributed by atoms with van der Waals surface area (Å²) < 4.78 is 14.8. The van der Waals surface area contributed by atoms with Gasteiger partial charge >= 0.3 is 0 Å². The maximum atomic E-state index is 13.1. The molecule has 1 saturated carbocycles. The van der Waals surface area contributed by atoms with Crippen molar-refractivity contribution in [2.75, 3.05) is 0 Å². The number of benzene rings is 1. The molecule has 0 amide bonds. The highest BCUT2D eigenvalue weighted by atomic mass is 19.1. The molecular formula is C12H10FN3O. The van der Waals surface area contributed by atoms with Crippen molar-refractivity contribution >= 4 is 6.29 Å². The molecule has 5 heteroatoms. The molecule has 3 rings (SSSR count). The molecule has 0 unspecified atom stereocenters. The minimum atomic E-state index is -0.347. The van der Waals surface area contributed by atoms with Crippen LogP contribution >= 0.6 is 0 Å². The Bertz CT molecular complexity index is 575. The van der Waals surface area contributed by atoms with Crippen LogP contribution in [-0.2, 0) is 0 Å². The molecule has 1 aliphatic rings. The van der Waals surface area contributed by atoms with Crippen LogP contribution in [0.5, 0.6) is 0 Å². The SMILES string of the molecule is O=Cc1c(-c2cccc(F)c2)nnn1C1CC1. The van der Waals surface area contributed by atoms with Crippen LogP contribution in [0.15, 0.2) is 24.3 Å². The second kappa shape index (κ2) is 3.76. The number of carbonyl (C=O) groups excluding carboxylic acids is 1. The molecule has 0 radical (unpaired) electrons. The van der Waals surface area contributed by atoms with Crippen LogP contribution in [0.4, 0.5) is 4.39 Å².